The Labute approximate surface area is 110 Å². The Balaban J connectivity index is 1.69. The van der Waals surface area contributed by atoms with E-state index in [2.05, 4.69) is 30.7 Å². The van der Waals surface area contributed by atoms with Gasteiger partial charge in [-0.15, -0.1) is 5.10 Å². The van der Waals surface area contributed by atoms with E-state index in [0.717, 1.165) is 26.1 Å². The smallest absolute Gasteiger partial charge is 0.280 e. The van der Waals surface area contributed by atoms with E-state index in [0.29, 0.717) is 23.5 Å². The molecule has 1 aliphatic heterocycles. The molecule has 0 unspecified atom stereocenters. The molecule has 0 bridgehead atoms. The van der Waals surface area contributed by atoms with Crippen LogP contribution in [0.1, 0.15) is 11.9 Å². The lowest BCUT2D eigenvalue weighted by Gasteiger charge is -2.26. The highest BCUT2D eigenvalue weighted by Crippen LogP contribution is 2.17. The van der Waals surface area contributed by atoms with Crippen molar-refractivity contribution in [3.63, 3.8) is 0 Å². The number of nitrogens with zero attached hydrogens (tertiary/aromatic N) is 6. The van der Waals surface area contributed by atoms with Crippen molar-refractivity contribution >= 4 is 0 Å². The second-order valence-electron chi connectivity index (χ2n) is 4.96. The van der Waals surface area contributed by atoms with Crippen molar-refractivity contribution in [2.45, 2.75) is 12.5 Å². The van der Waals surface area contributed by atoms with Crippen LogP contribution in [-0.2, 0) is 6.42 Å². The zero-order chi connectivity index (χ0) is 13.2. The standard InChI is InChI=1S/C11H17N7O/c1-17(2)4-3-10-13-11(19-15-10)9-7-18(16-14-9)8-5-12-6-8/h7-8,12H,3-6H2,1-2H3. The minimum atomic E-state index is 0.386. The summed E-state index contributed by atoms with van der Waals surface area (Å²) in [6.45, 7) is 2.75. The SMILES string of the molecule is CN(C)CCc1noc(-c2cn(C3CNC3)nn2)n1. The lowest BCUT2D eigenvalue weighted by Crippen LogP contribution is -2.43. The second-order valence-corrected chi connectivity index (χ2v) is 4.96. The molecule has 3 heterocycles. The van der Waals surface area contributed by atoms with Crippen LogP contribution in [0.15, 0.2) is 10.7 Å². The van der Waals surface area contributed by atoms with E-state index in [4.69, 9.17) is 4.52 Å². The molecule has 102 valence electrons. The number of hydrogen-bond acceptors (Lipinski definition) is 7. The van der Waals surface area contributed by atoms with Crippen LogP contribution in [0.3, 0.4) is 0 Å². The summed E-state index contributed by atoms with van der Waals surface area (Å²) in [5.41, 5.74) is 0.635. The van der Waals surface area contributed by atoms with Gasteiger partial charge < -0.3 is 14.7 Å². The van der Waals surface area contributed by atoms with Gasteiger partial charge in [0.05, 0.1) is 12.2 Å². The molecule has 0 radical (unpaired) electrons. The van der Waals surface area contributed by atoms with Crippen LogP contribution in [0.25, 0.3) is 11.6 Å². The largest absolute Gasteiger partial charge is 0.332 e. The highest BCUT2D eigenvalue weighted by atomic mass is 16.5. The number of aromatic nitrogens is 5. The Morgan fingerprint density at radius 3 is 3.00 bits per heavy atom. The molecule has 0 aliphatic carbocycles. The lowest BCUT2D eigenvalue weighted by atomic mass is 10.2. The highest BCUT2D eigenvalue weighted by molar-refractivity contribution is 5.43. The van der Waals surface area contributed by atoms with Gasteiger partial charge in [-0.1, -0.05) is 10.4 Å². The van der Waals surface area contributed by atoms with Crippen molar-refractivity contribution in [3.05, 3.63) is 12.0 Å². The number of nitrogens with one attached hydrogen (secondary N) is 1. The molecule has 3 rings (SSSR count). The van der Waals surface area contributed by atoms with E-state index in [9.17, 15) is 0 Å². The van der Waals surface area contributed by atoms with Crippen LogP contribution in [0, 0.1) is 0 Å². The monoisotopic (exact) mass is 263 g/mol. The van der Waals surface area contributed by atoms with Crippen LogP contribution in [0.5, 0.6) is 0 Å². The molecular formula is C11H17N7O. The van der Waals surface area contributed by atoms with Gasteiger partial charge in [-0.05, 0) is 14.1 Å². The summed E-state index contributed by atoms with van der Waals surface area (Å²) in [4.78, 5) is 6.41. The van der Waals surface area contributed by atoms with Crippen LogP contribution < -0.4 is 5.32 Å². The van der Waals surface area contributed by atoms with Gasteiger partial charge in [-0.2, -0.15) is 4.98 Å². The molecule has 2 aromatic rings. The third-order valence-corrected chi connectivity index (χ3v) is 3.11. The Kier molecular flexibility index (Phi) is 3.26. The van der Waals surface area contributed by atoms with Gasteiger partial charge in [0.2, 0.25) is 0 Å². The van der Waals surface area contributed by atoms with Crippen molar-refractivity contribution in [3.8, 4) is 11.6 Å². The molecule has 1 fully saturated rings. The molecule has 2 aromatic heterocycles. The molecule has 0 saturated carbocycles. The average Bonchev–Trinajstić information content (AvgIpc) is 2.91. The maximum atomic E-state index is 5.22. The number of likely N-dealkylation sites (N-methyl/N-ethyl adjacent to an activating group) is 1. The fourth-order valence-corrected chi connectivity index (χ4v) is 1.80. The third kappa shape index (κ3) is 2.64. The van der Waals surface area contributed by atoms with Gasteiger partial charge in [0.25, 0.3) is 5.89 Å². The fraction of sp³-hybridized carbons (Fsp3) is 0.636. The molecule has 0 spiro atoms. The van der Waals surface area contributed by atoms with E-state index in [-0.39, 0.29) is 0 Å². The molecule has 1 aliphatic rings. The maximum Gasteiger partial charge on any atom is 0.280 e. The van der Waals surface area contributed by atoms with Crippen molar-refractivity contribution in [1.82, 2.24) is 35.4 Å². The first kappa shape index (κ1) is 12.2. The summed E-state index contributed by atoms with van der Waals surface area (Å²) in [5.74, 6) is 1.14. The molecule has 1 N–H and O–H groups in total. The minimum Gasteiger partial charge on any atom is -0.332 e. The fourth-order valence-electron chi connectivity index (χ4n) is 1.80. The Bertz CT molecular complexity index is 543. The van der Waals surface area contributed by atoms with Gasteiger partial charge >= 0.3 is 0 Å². The second kappa shape index (κ2) is 5.06. The zero-order valence-electron chi connectivity index (χ0n) is 11.1. The number of rotatable bonds is 5. The third-order valence-electron chi connectivity index (χ3n) is 3.11. The van der Waals surface area contributed by atoms with E-state index in [1.165, 1.54) is 0 Å². The minimum absolute atomic E-state index is 0.386. The van der Waals surface area contributed by atoms with Crippen LogP contribution in [0.2, 0.25) is 0 Å². The molecule has 19 heavy (non-hydrogen) atoms. The van der Waals surface area contributed by atoms with Crippen molar-refractivity contribution in [2.24, 2.45) is 0 Å². The molecule has 0 aromatic carbocycles. The topological polar surface area (TPSA) is 84.9 Å². The zero-order valence-corrected chi connectivity index (χ0v) is 11.1. The van der Waals surface area contributed by atoms with Crippen LogP contribution in [-0.4, -0.2) is 63.8 Å². The van der Waals surface area contributed by atoms with Gasteiger partial charge in [-0.25, -0.2) is 4.68 Å². The lowest BCUT2D eigenvalue weighted by molar-refractivity contribution is 0.313. The maximum absolute atomic E-state index is 5.22. The van der Waals surface area contributed by atoms with Crippen molar-refractivity contribution in [2.75, 3.05) is 33.7 Å². The molecular weight excluding hydrogens is 246 g/mol. The Morgan fingerprint density at radius 1 is 1.47 bits per heavy atom. The summed E-state index contributed by atoms with van der Waals surface area (Å²) in [7, 11) is 4.03. The van der Waals surface area contributed by atoms with Gasteiger partial charge in [0.15, 0.2) is 11.5 Å². The van der Waals surface area contributed by atoms with Gasteiger partial charge in [-0.3, -0.25) is 0 Å². The summed E-state index contributed by atoms with van der Waals surface area (Å²) >= 11 is 0. The van der Waals surface area contributed by atoms with E-state index in [1.54, 1.807) is 0 Å². The Morgan fingerprint density at radius 2 is 2.32 bits per heavy atom. The Hall–Kier alpha value is -1.80. The van der Waals surface area contributed by atoms with E-state index in [1.807, 2.05) is 25.0 Å². The van der Waals surface area contributed by atoms with Crippen LogP contribution in [0.4, 0.5) is 0 Å². The summed E-state index contributed by atoms with van der Waals surface area (Å²) in [6, 6.07) is 0.386. The highest BCUT2D eigenvalue weighted by Gasteiger charge is 2.21. The van der Waals surface area contributed by atoms with E-state index < -0.39 is 0 Å². The number of hydrogen-bond donors (Lipinski definition) is 1. The molecule has 1 saturated heterocycles. The van der Waals surface area contributed by atoms with Crippen LogP contribution >= 0.6 is 0 Å². The quantitative estimate of drug-likeness (QED) is 0.784. The molecule has 0 atom stereocenters. The predicted octanol–water partition coefficient (Wildman–Crippen LogP) is -0.423. The molecule has 8 nitrogen and oxygen atoms in total. The summed E-state index contributed by atoms with van der Waals surface area (Å²) < 4.78 is 7.06. The first-order chi connectivity index (χ1) is 9.22. The van der Waals surface area contributed by atoms with Crippen molar-refractivity contribution < 1.29 is 4.52 Å². The molecule has 8 heteroatoms. The summed E-state index contributed by atoms with van der Waals surface area (Å²) in [5, 5.41) is 15.3. The predicted molar refractivity (Wildman–Crippen MR) is 67.5 cm³/mol. The van der Waals surface area contributed by atoms with Crippen molar-refractivity contribution in [1.29, 1.82) is 0 Å². The normalized spacial score (nSPS) is 15.9. The average molecular weight is 263 g/mol. The first-order valence-electron chi connectivity index (χ1n) is 6.32. The molecule has 0 amide bonds. The summed E-state index contributed by atoms with van der Waals surface area (Å²) in [6.07, 6.45) is 2.62. The first-order valence-corrected chi connectivity index (χ1v) is 6.32. The van der Waals surface area contributed by atoms with Gasteiger partial charge in [0.1, 0.15) is 0 Å². The van der Waals surface area contributed by atoms with Gasteiger partial charge in [0, 0.05) is 26.1 Å². The van der Waals surface area contributed by atoms with E-state index >= 15 is 0 Å².